The van der Waals surface area contributed by atoms with Gasteiger partial charge < -0.3 is 18.2 Å². The van der Waals surface area contributed by atoms with Crippen LogP contribution in [0.3, 0.4) is 0 Å². The van der Waals surface area contributed by atoms with Gasteiger partial charge in [-0.2, -0.15) is 0 Å². The number of benzene rings is 9. The molecule has 0 aliphatic rings. The third-order valence-electron chi connectivity index (χ3n) is 11.5. The van der Waals surface area contributed by atoms with Gasteiger partial charge in [0.2, 0.25) is 0 Å². The number of furan rings is 3. The molecular weight excluding hydrogens is 711 g/mol. The number of fused-ring (bicyclic) bond motifs is 9. The molecule has 4 heteroatoms. The first-order valence-electron chi connectivity index (χ1n) is 19.6. The molecule has 0 fully saturated rings. The van der Waals surface area contributed by atoms with Crippen LogP contribution in [-0.4, -0.2) is 0 Å². The van der Waals surface area contributed by atoms with Crippen molar-refractivity contribution in [3.63, 3.8) is 0 Å². The molecule has 3 aromatic heterocycles. The highest BCUT2D eigenvalue weighted by molar-refractivity contribution is 6.27. The monoisotopic (exact) mass is 743 g/mol. The molecule has 0 bridgehead atoms. The van der Waals surface area contributed by atoms with Crippen molar-refractivity contribution in [2.75, 3.05) is 4.90 Å². The van der Waals surface area contributed by atoms with Gasteiger partial charge >= 0.3 is 0 Å². The van der Waals surface area contributed by atoms with E-state index in [1.807, 2.05) is 24.3 Å². The molecule has 0 radical (unpaired) electrons. The quantitative estimate of drug-likeness (QED) is 0.170. The molecule has 4 nitrogen and oxygen atoms in total. The van der Waals surface area contributed by atoms with Crippen molar-refractivity contribution in [3.8, 4) is 33.4 Å². The maximum atomic E-state index is 7.09. The second kappa shape index (κ2) is 12.9. The average Bonchev–Trinajstić information content (AvgIpc) is 3.98. The summed E-state index contributed by atoms with van der Waals surface area (Å²) >= 11 is 0. The molecule has 0 unspecified atom stereocenters. The van der Waals surface area contributed by atoms with Crippen LogP contribution in [0.15, 0.2) is 213 Å². The van der Waals surface area contributed by atoms with Gasteiger partial charge in [-0.15, -0.1) is 0 Å². The van der Waals surface area contributed by atoms with E-state index in [9.17, 15) is 0 Å². The molecule has 0 aliphatic heterocycles. The highest BCUT2D eigenvalue weighted by atomic mass is 16.3. The van der Waals surface area contributed by atoms with Gasteiger partial charge in [-0.3, -0.25) is 0 Å². The molecule has 9 aromatic carbocycles. The van der Waals surface area contributed by atoms with Crippen LogP contribution in [0, 0.1) is 0 Å². The molecule has 0 spiro atoms. The molecule has 0 saturated heterocycles. The van der Waals surface area contributed by atoms with E-state index in [-0.39, 0.29) is 0 Å². The Balaban J connectivity index is 1.14. The summed E-state index contributed by atoms with van der Waals surface area (Å²) in [7, 11) is 0. The SMILES string of the molecule is c1ccc(-c2ccc(N(c3ccc(-c4ccccc4)cc3)c3cccc4oc5c(-c6cccc7c6oc6ccccc67)c6c(cc5c34)oc3ccccc36)cc2)cc1. The summed E-state index contributed by atoms with van der Waals surface area (Å²) in [4.78, 5) is 2.34. The van der Waals surface area contributed by atoms with Gasteiger partial charge in [0.25, 0.3) is 0 Å². The van der Waals surface area contributed by atoms with Gasteiger partial charge in [-0.1, -0.05) is 146 Å². The van der Waals surface area contributed by atoms with Crippen molar-refractivity contribution in [3.05, 3.63) is 200 Å². The van der Waals surface area contributed by atoms with E-state index in [2.05, 4.69) is 181 Å². The second-order valence-corrected chi connectivity index (χ2v) is 14.8. The van der Waals surface area contributed by atoms with E-state index in [1.54, 1.807) is 0 Å². The summed E-state index contributed by atoms with van der Waals surface area (Å²) in [5.41, 5.74) is 14.5. The predicted octanol–water partition coefficient (Wildman–Crippen LogP) is 15.9. The first-order chi connectivity index (χ1) is 28.8. The highest BCUT2D eigenvalue weighted by Crippen LogP contribution is 2.50. The zero-order valence-corrected chi connectivity index (χ0v) is 31.2. The van der Waals surface area contributed by atoms with E-state index in [0.29, 0.717) is 0 Å². The molecule has 3 heterocycles. The largest absolute Gasteiger partial charge is 0.456 e. The van der Waals surface area contributed by atoms with E-state index in [1.165, 1.54) is 11.1 Å². The van der Waals surface area contributed by atoms with Gasteiger partial charge in [0, 0.05) is 49.4 Å². The Hall–Kier alpha value is -7.82. The van der Waals surface area contributed by atoms with Gasteiger partial charge in [0.05, 0.1) is 11.1 Å². The Morgan fingerprint density at radius 3 is 1.50 bits per heavy atom. The summed E-state index contributed by atoms with van der Waals surface area (Å²) in [5.74, 6) is 0. The first kappa shape index (κ1) is 32.4. The lowest BCUT2D eigenvalue weighted by atomic mass is 9.94. The third-order valence-corrected chi connectivity index (χ3v) is 11.5. The van der Waals surface area contributed by atoms with Gasteiger partial charge in [0.15, 0.2) is 0 Å². The molecule has 0 N–H and O–H groups in total. The van der Waals surface area contributed by atoms with Crippen molar-refractivity contribution in [2.45, 2.75) is 0 Å². The fourth-order valence-electron chi connectivity index (χ4n) is 8.83. The summed E-state index contributed by atoms with van der Waals surface area (Å²) in [6.45, 7) is 0. The third kappa shape index (κ3) is 5.02. The van der Waals surface area contributed by atoms with Crippen LogP contribution in [0.1, 0.15) is 0 Å². The molecule has 0 aliphatic carbocycles. The van der Waals surface area contributed by atoms with Crippen LogP contribution in [-0.2, 0) is 0 Å². The Morgan fingerprint density at radius 1 is 0.310 bits per heavy atom. The van der Waals surface area contributed by atoms with Crippen molar-refractivity contribution in [2.24, 2.45) is 0 Å². The minimum Gasteiger partial charge on any atom is -0.456 e. The Labute approximate surface area is 333 Å². The summed E-state index contributed by atoms with van der Waals surface area (Å²) in [6.07, 6.45) is 0. The molecule has 272 valence electrons. The van der Waals surface area contributed by atoms with E-state index >= 15 is 0 Å². The Kier molecular flexibility index (Phi) is 7.20. The topological polar surface area (TPSA) is 42.7 Å². The Bertz CT molecular complexity index is 3400. The zero-order valence-electron chi connectivity index (χ0n) is 31.2. The number of rotatable bonds is 6. The van der Waals surface area contributed by atoms with Crippen LogP contribution in [0.4, 0.5) is 17.1 Å². The molecule has 0 saturated carbocycles. The molecule has 12 rings (SSSR count). The minimum atomic E-state index is 0.785. The second-order valence-electron chi connectivity index (χ2n) is 14.8. The number of anilines is 3. The lowest BCUT2D eigenvalue weighted by Crippen LogP contribution is -2.10. The van der Waals surface area contributed by atoms with Crippen molar-refractivity contribution < 1.29 is 13.3 Å². The minimum absolute atomic E-state index is 0.785. The smallest absolute Gasteiger partial charge is 0.144 e. The van der Waals surface area contributed by atoms with E-state index < -0.39 is 0 Å². The van der Waals surface area contributed by atoms with Crippen LogP contribution < -0.4 is 4.90 Å². The molecule has 58 heavy (non-hydrogen) atoms. The van der Waals surface area contributed by atoms with Gasteiger partial charge in [-0.25, -0.2) is 0 Å². The lowest BCUT2D eigenvalue weighted by molar-refractivity contribution is 0.662. The first-order valence-corrected chi connectivity index (χ1v) is 19.6. The number of nitrogens with zero attached hydrogens (tertiary/aromatic N) is 1. The van der Waals surface area contributed by atoms with Crippen molar-refractivity contribution >= 4 is 82.9 Å². The van der Waals surface area contributed by atoms with E-state index in [0.717, 1.165) is 105 Å². The number of para-hydroxylation sites is 3. The molecule has 0 atom stereocenters. The van der Waals surface area contributed by atoms with Gasteiger partial charge in [0.1, 0.15) is 33.5 Å². The lowest BCUT2D eigenvalue weighted by Gasteiger charge is -2.26. The van der Waals surface area contributed by atoms with Crippen LogP contribution in [0.2, 0.25) is 0 Å². The number of hydrogen-bond acceptors (Lipinski definition) is 4. The average molecular weight is 744 g/mol. The van der Waals surface area contributed by atoms with Crippen LogP contribution in [0.25, 0.3) is 99.2 Å². The highest BCUT2D eigenvalue weighted by Gasteiger charge is 2.26. The maximum absolute atomic E-state index is 7.09. The van der Waals surface area contributed by atoms with Crippen molar-refractivity contribution in [1.82, 2.24) is 0 Å². The normalized spacial score (nSPS) is 11.8. The van der Waals surface area contributed by atoms with Crippen LogP contribution in [0.5, 0.6) is 0 Å². The standard InChI is InChI=1S/C54H33NO3/c1-3-13-34(14-4-1)36-25-29-38(30-26-36)55(39-31-27-37(28-32-39)35-15-5-2-6-16-35)45-21-12-24-48-50(45)44-33-49-51(42-18-8-10-23-47(42)56-49)52(54(44)58-48)43-20-11-19-41-40-17-7-9-22-46(40)57-53(41)43/h1-33H. The maximum Gasteiger partial charge on any atom is 0.144 e. The van der Waals surface area contributed by atoms with Crippen LogP contribution >= 0.6 is 0 Å². The molecule has 0 amide bonds. The Morgan fingerprint density at radius 2 is 0.828 bits per heavy atom. The fraction of sp³-hybridized carbons (Fsp3) is 0. The van der Waals surface area contributed by atoms with Crippen molar-refractivity contribution in [1.29, 1.82) is 0 Å². The zero-order chi connectivity index (χ0) is 38.2. The fourth-order valence-corrected chi connectivity index (χ4v) is 8.83. The molecular formula is C54H33NO3. The predicted molar refractivity (Wildman–Crippen MR) is 239 cm³/mol. The van der Waals surface area contributed by atoms with Gasteiger partial charge in [-0.05, 0) is 76.9 Å². The van der Waals surface area contributed by atoms with E-state index in [4.69, 9.17) is 13.3 Å². The summed E-state index contributed by atoms with van der Waals surface area (Å²) in [5, 5.41) is 6.14. The summed E-state index contributed by atoms with van der Waals surface area (Å²) in [6, 6.07) is 70.0. The summed E-state index contributed by atoms with van der Waals surface area (Å²) < 4.78 is 20.5. The molecule has 12 aromatic rings. The number of hydrogen-bond donors (Lipinski definition) is 0.